The summed E-state index contributed by atoms with van der Waals surface area (Å²) in [6.07, 6.45) is 1.23. The fraction of sp³-hybridized carbons (Fsp3) is 0. The molecule has 0 aromatic carbocycles. The average Bonchev–Trinajstić information content (AvgIpc) is 2.50. The highest BCUT2D eigenvalue weighted by Crippen LogP contribution is 2.25. The topological polar surface area (TPSA) is 202 Å². The molecule has 0 aliphatic carbocycles. The van der Waals surface area contributed by atoms with Crippen LogP contribution in [0, 0.1) is 9.81 Å². The highest BCUT2D eigenvalue weighted by atomic mass is 16.4. The van der Waals surface area contributed by atoms with Crippen LogP contribution in [0.5, 0.6) is 11.6 Å². The molecule has 0 saturated heterocycles. The molecule has 0 bridgehead atoms. The van der Waals surface area contributed by atoms with Crippen LogP contribution in [0.2, 0.25) is 0 Å². The van der Waals surface area contributed by atoms with Crippen molar-refractivity contribution >= 4 is 17.3 Å². The van der Waals surface area contributed by atoms with Gasteiger partial charge >= 0.3 is 5.97 Å². The summed E-state index contributed by atoms with van der Waals surface area (Å²) in [6, 6.07) is 1.88. The van der Waals surface area contributed by atoms with Gasteiger partial charge in [-0.25, -0.2) is 4.79 Å². The maximum absolute atomic E-state index is 10.7. The van der Waals surface area contributed by atoms with Crippen molar-refractivity contribution in [2.75, 3.05) is 0 Å². The number of nitrogens with zero attached hydrogens (tertiary/aromatic N) is 2. The lowest BCUT2D eigenvalue weighted by atomic mass is 10.2. The molecule has 2 rings (SSSR count). The van der Waals surface area contributed by atoms with Gasteiger partial charge in [-0.05, 0) is 16.4 Å². The zero-order valence-corrected chi connectivity index (χ0v) is 11.0. The number of aromatic amines is 2. The van der Waals surface area contributed by atoms with E-state index in [1.54, 1.807) is 0 Å². The molecule has 0 radical (unpaired) electrons. The van der Waals surface area contributed by atoms with Gasteiger partial charge in [0.25, 0.3) is 11.1 Å². The Hall–Kier alpha value is -3.83. The van der Waals surface area contributed by atoms with Gasteiger partial charge in [0, 0.05) is 12.3 Å². The first-order valence-corrected chi connectivity index (χ1v) is 5.58. The highest BCUT2D eigenvalue weighted by molar-refractivity contribution is 5.94. The smallest absolute Gasteiger partial charge is 0.338 e. The second-order valence-electron chi connectivity index (χ2n) is 3.77. The lowest BCUT2D eigenvalue weighted by Crippen LogP contribution is -2.09. The molecule has 0 unspecified atom stereocenters. The molecule has 2 aromatic rings. The first kappa shape index (κ1) is 17.2. The molecule has 0 amide bonds. The molecule has 5 N–H and O–H groups in total. The molecule has 2 aromatic heterocycles. The molecule has 0 saturated carbocycles. The fourth-order valence-electron chi connectivity index (χ4n) is 1.33. The van der Waals surface area contributed by atoms with E-state index in [0.29, 0.717) is 6.07 Å². The minimum Gasteiger partial charge on any atom is -0.501 e. The van der Waals surface area contributed by atoms with Gasteiger partial charge in [0.15, 0.2) is 11.4 Å². The van der Waals surface area contributed by atoms with E-state index >= 15 is 0 Å². The molecular weight excluding hydrogens is 316 g/mol. The molecule has 120 valence electrons. The lowest BCUT2D eigenvalue weighted by Gasteiger charge is -1.98. The second-order valence-corrected chi connectivity index (χ2v) is 3.77. The van der Waals surface area contributed by atoms with Crippen LogP contribution in [0.15, 0.2) is 38.3 Å². The van der Waals surface area contributed by atoms with E-state index in [1.807, 2.05) is 4.98 Å². The number of carboxylic acids is 1. The third kappa shape index (κ3) is 4.07. The standard InChI is InChI=1S/C6H4N2O5.C5H4N2O3/c9-3-1-2(6(11)12)4(8-13)5(10)7-3;8-4-3(7-10)1-2-6-5(4)9/h1H,(H,11,12)(H2,7,9,10);1-2,8H,(H,6,9). The van der Waals surface area contributed by atoms with Crippen molar-refractivity contribution in [2.45, 2.75) is 0 Å². The third-order valence-electron chi connectivity index (χ3n) is 2.33. The normalized spacial score (nSPS) is 9.39. The molecule has 0 fully saturated rings. The maximum atomic E-state index is 10.7. The van der Waals surface area contributed by atoms with Crippen molar-refractivity contribution in [3.8, 4) is 11.6 Å². The predicted molar refractivity (Wildman–Crippen MR) is 75.3 cm³/mol. The molecule has 0 spiro atoms. The summed E-state index contributed by atoms with van der Waals surface area (Å²) in [5, 5.41) is 30.8. The van der Waals surface area contributed by atoms with Crippen LogP contribution in [0.1, 0.15) is 10.4 Å². The van der Waals surface area contributed by atoms with Crippen LogP contribution in [-0.2, 0) is 0 Å². The van der Waals surface area contributed by atoms with Crippen molar-refractivity contribution in [1.29, 1.82) is 0 Å². The van der Waals surface area contributed by atoms with Crippen LogP contribution < -0.4 is 11.1 Å². The predicted octanol–water partition coefficient (Wildman–Crippen LogP) is 0.655. The number of aromatic carboxylic acids is 1. The first-order chi connectivity index (χ1) is 10.8. The number of rotatable bonds is 3. The SMILES string of the molecule is O=Nc1c(C(=O)O)cc(=O)[nH]c1O.O=Nc1cc[nH]c(=O)c1O. The van der Waals surface area contributed by atoms with Gasteiger partial charge in [0.05, 0.1) is 5.56 Å². The average molecular weight is 324 g/mol. The van der Waals surface area contributed by atoms with Gasteiger partial charge in [-0.15, -0.1) is 9.81 Å². The highest BCUT2D eigenvalue weighted by Gasteiger charge is 2.16. The Morgan fingerprint density at radius 3 is 2.26 bits per heavy atom. The maximum Gasteiger partial charge on any atom is 0.338 e. The van der Waals surface area contributed by atoms with E-state index in [1.165, 1.54) is 12.3 Å². The van der Waals surface area contributed by atoms with Gasteiger partial charge in [-0.2, -0.15) is 0 Å². The van der Waals surface area contributed by atoms with E-state index in [-0.39, 0.29) is 5.69 Å². The summed E-state index contributed by atoms with van der Waals surface area (Å²) in [6.45, 7) is 0. The monoisotopic (exact) mass is 324 g/mol. The van der Waals surface area contributed by atoms with E-state index in [4.69, 9.17) is 15.3 Å². The molecular formula is C11H8N4O8. The molecule has 0 atom stereocenters. The minimum atomic E-state index is -1.50. The Labute approximate surface area is 125 Å². The van der Waals surface area contributed by atoms with Gasteiger partial charge in [-0.3, -0.25) is 14.6 Å². The molecule has 0 aliphatic rings. The Balaban J connectivity index is 0.000000238. The minimum absolute atomic E-state index is 0.247. The Morgan fingerprint density at radius 2 is 1.78 bits per heavy atom. The number of carboxylic acid groups (broad SMARTS) is 1. The quantitative estimate of drug-likeness (QED) is 0.506. The fourth-order valence-corrected chi connectivity index (χ4v) is 1.33. The summed E-state index contributed by atoms with van der Waals surface area (Å²) in [7, 11) is 0. The first-order valence-electron chi connectivity index (χ1n) is 5.58. The Bertz CT molecular complexity index is 869. The Morgan fingerprint density at radius 1 is 1.13 bits per heavy atom. The molecule has 23 heavy (non-hydrogen) atoms. The van der Waals surface area contributed by atoms with Gasteiger partial charge < -0.3 is 20.3 Å². The summed E-state index contributed by atoms with van der Waals surface area (Å²) >= 11 is 0. The summed E-state index contributed by atoms with van der Waals surface area (Å²) in [4.78, 5) is 55.5. The third-order valence-corrected chi connectivity index (χ3v) is 2.33. The van der Waals surface area contributed by atoms with Crippen molar-refractivity contribution < 1.29 is 20.1 Å². The van der Waals surface area contributed by atoms with Crippen molar-refractivity contribution in [2.24, 2.45) is 10.4 Å². The Kier molecular flexibility index (Phi) is 5.43. The van der Waals surface area contributed by atoms with E-state index in [0.717, 1.165) is 0 Å². The van der Waals surface area contributed by atoms with Gasteiger partial charge in [0.2, 0.25) is 11.6 Å². The summed E-state index contributed by atoms with van der Waals surface area (Å²) < 4.78 is 0. The number of H-pyrrole nitrogens is 2. The van der Waals surface area contributed by atoms with E-state index in [9.17, 15) is 24.2 Å². The number of hydrogen-bond acceptors (Lipinski definition) is 9. The zero-order valence-electron chi connectivity index (χ0n) is 11.0. The van der Waals surface area contributed by atoms with Crippen molar-refractivity contribution in [3.05, 3.63) is 54.4 Å². The van der Waals surface area contributed by atoms with Crippen LogP contribution >= 0.6 is 0 Å². The van der Waals surface area contributed by atoms with Crippen molar-refractivity contribution in [3.63, 3.8) is 0 Å². The number of carbonyl (C=O) groups is 1. The number of pyridine rings is 2. The number of aromatic hydroxyl groups is 2. The zero-order chi connectivity index (χ0) is 17.6. The molecule has 2 heterocycles. The lowest BCUT2D eigenvalue weighted by molar-refractivity contribution is 0.0697. The number of nitrogens with one attached hydrogen (secondary N) is 2. The molecule has 12 nitrogen and oxygen atoms in total. The van der Waals surface area contributed by atoms with Crippen LogP contribution in [0.3, 0.4) is 0 Å². The van der Waals surface area contributed by atoms with Gasteiger partial charge in [-0.1, -0.05) is 0 Å². The number of nitroso groups, excluding NO2 is 2. The van der Waals surface area contributed by atoms with Crippen LogP contribution in [-0.4, -0.2) is 31.3 Å². The van der Waals surface area contributed by atoms with E-state index in [2.05, 4.69) is 15.3 Å². The van der Waals surface area contributed by atoms with Crippen LogP contribution in [0.4, 0.5) is 11.4 Å². The number of aromatic nitrogens is 2. The molecule has 0 aliphatic heterocycles. The summed E-state index contributed by atoms with van der Waals surface area (Å²) in [5.74, 6) is -2.99. The largest absolute Gasteiger partial charge is 0.501 e. The number of hydrogen-bond donors (Lipinski definition) is 5. The van der Waals surface area contributed by atoms with Crippen LogP contribution in [0.25, 0.3) is 0 Å². The second kappa shape index (κ2) is 7.26. The van der Waals surface area contributed by atoms with Gasteiger partial charge in [0.1, 0.15) is 0 Å². The van der Waals surface area contributed by atoms with E-state index < -0.39 is 40.0 Å². The van der Waals surface area contributed by atoms with Crippen molar-refractivity contribution in [1.82, 2.24) is 9.97 Å². The summed E-state index contributed by atoms with van der Waals surface area (Å²) in [5.41, 5.74) is -3.09. The molecule has 12 heteroatoms.